The van der Waals surface area contributed by atoms with Gasteiger partial charge < -0.3 is 10.1 Å². The first kappa shape index (κ1) is 17.3. The van der Waals surface area contributed by atoms with Crippen molar-refractivity contribution in [3.05, 3.63) is 35.4 Å². The first-order chi connectivity index (χ1) is 10.6. The molecule has 3 nitrogen and oxygen atoms in total. The Morgan fingerprint density at radius 3 is 2.41 bits per heavy atom. The first-order valence-electron chi connectivity index (χ1n) is 8.07. The Labute approximate surface area is 131 Å². The van der Waals surface area contributed by atoms with Crippen LogP contribution in [0.5, 0.6) is 0 Å². The third-order valence-corrected chi connectivity index (χ3v) is 3.94. The minimum atomic E-state index is -0.483. The van der Waals surface area contributed by atoms with Crippen LogP contribution < -0.4 is 5.32 Å². The van der Waals surface area contributed by atoms with Gasteiger partial charge in [0.15, 0.2) is 0 Å². The third-order valence-electron chi connectivity index (χ3n) is 3.94. The van der Waals surface area contributed by atoms with Gasteiger partial charge in [0.25, 0.3) is 0 Å². The highest BCUT2D eigenvalue weighted by atomic mass is 19.1. The van der Waals surface area contributed by atoms with Gasteiger partial charge in [-0.25, -0.2) is 8.78 Å². The van der Waals surface area contributed by atoms with E-state index in [-0.39, 0.29) is 12.1 Å². The predicted octanol–water partition coefficient (Wildman–Crippen LogP) is 2.94. The van der Waals surface area contributed by atoms with Gasteiger partial charge in [0, 0.05) is 25.2 Å². The van der Waals surface area contributed by atoms with Crippen molar-refractivity contribution in [2.24, 2.45) is 0 Å². The quantitative estimate of drug-likeness (QED) is 0.784. The van der Waals surface area contributed by atoms with Crippen LogP contribution in [0, 0.1) is 11.6 Å². The van der Waals surface area contributed by atoms with E-state index in [1.165, 1.54) is 18.2 Å². The van der Waals surface area contributed by atoms with Crippen LogP contribution in [-0.2, 0) is 11.3 Å². The fourth-order valence-electron chi connectivity index (χ4n) is 2.97. The number of rotatable bonds is 7. The molecule has 5 heteroatoms. The van der Waals surface area contributed by atoms with E-state index < -0.39 is 11.6 Å². The monoisotopic (exact) mass is 312 g/mol. The Hall–Kier alpha value is -1.04. The lowest BCUT2D eigenvalue weighted by molar-refractivity contribution is -0.0681. The van der Waals surface area contributed by atoms with Gasteiger partial charge in [-0.05, 0) is 51.9 Å². The first-order valence-corrected chi connectivity index (χ1v) is 8.07. The molecule has 22 heavy (non-hydrogen) atoms. The van der Waals surface area contributed by atoms with Crippen LogP contribution in [0.3, 0.4) is 0 Å². The van der Waals surface area contributed by atoms with Crippen LogP contribution in [0.2, 0.25) is 0 Å². The summed E-state index contributed by atoms with van der Waals surface area (Å²) in [5, 5.41) is 3.12. The maximum Gasteiger partial charge on any atom is 0.130 e. The average molecular weight is 312 g/mol. The van der Waals surface area contributed by atoms with Crippen LogP contribution in [0.1, 0.15) is 32.3 Å². The van der Waals surface area contributed by atoms with Crippen molar-refractivity contribution in [3.8, 4) is 0 Å². The van der Waals surface area contributed by atoms with Gasteiger partial charge >= 0.3 is 0 Å². The molecule has 0 bridgehead atoms. The lowest BCUT2D eigenvalue weighted by Crippen LogP contribution is -2.45. The van der Waals surface area contributed by atoms with Crippen molar-refractivity contribution in [1.82, 2.24) is 10.2 Å². The molecule has 1 N–H and O–H groups in total. The lowest BCUT2D eigenvalue weighted by Gasteiger charge is -2.35. The van der Waals surface area contributed by atoms with Crippen LogP contribution in [-0.4, -0.2) is 43.3 Å². The van der Waals surface area contributed by atoms with E-state index >= 15 is 0 Å². The number of nitrogens with zero attached hydrogens (tertiary/aromatic N) is 1. The maximum atomic E-state index is 13.4. The summed E-state index contributed by atoms with van der Waals surface area (Å²) in [6.45, 7) is 8.23. The second kappa shape index (κ2) is 8.56. The van der Waals surface area contributed by atoms with Crippen molar-refractivity contribution >= 4 is 0 Å². The summed E-state index contributed by atoms with van der Waals surface area (Å²) in [4.78, 5) is 2.43. The molecule has 124 valence electrons. The van der Waals surface area contributed by atoms with Crippen LogP contribution in [0.4, 0.5) is 8.78 Å². The van der Waals surface area contributed by atoms with Gasteiger partial charge in [-0.1, -0.05) is 6.07 Å². The lowest BCUT2D eigenvalue weighted by atomic mass is 10.2. The largest absolute Gasteiger partial charge is 0.373 e. The summed E-state index contributed by atoms with van der Waals surface area (Å²) >= 11 is 0. The maximum absolute atomic E-state index is 13.4. The number of benzene rings is 1. The number of halogens is 2. The van der Waals surface area contributed by atoms with Gasteiger partial charge in [0.1, 0.15) is 11.6 Å². The second-order valence-electron chi connectivity index (χ2n) is 6.10. The van der Waals surface area contributed by atoms with E-state index in [4.69, 9.17) is 4.74 Å². The predicted molar refractivity (Wildman–Crippen MR) is 83.7 cm³/mol. The minimum Gasteiger partial charge on any atom is -0.373 e. The van der Waals surface area contributed by atoms with E-state index in [1.807, 2.05) is 0 Å². The summed E-state index contributed by atoms with van der Waals surface area (Å²) in [7, 11) is 0. The smallest absolute Gasteiger partial charge is 0.130 e. The Bertz CT molecular complexity index is 440. The molecule has 2 unspecified atom stereocenters. The molecule has 0 radical (unpaired) electrons. The molecule has 0 spiro atoms. The SMILES string of the molecule is CC1CN(CCCCNCc2c(F)cccc2F)CC(C)O1. The zero-order chi connectivity index (χ0) is 15.9. The molecule has 0 aliphatic carbocycles. The molecular weight excluding hydrogens is 286 g/mol. The second-order valence-corrected chi connectivity index (χ2v) is 6.10. The number of morpholine rings is 1. The molecule has 2 rings (SSSR count). The van der Waals surface area contributed by atoms with E-state index in [0.29, 0.717) is 12.2 Å². The summed E-state index contributed by atoms with van der Waals surface area (Å²) in [5.41, 5.74) is 0.123. The van der Waals surface area contributed by atoms with Gasteiger partial charge in [-0.15, -0.1) is 0 Å². The number of nitrogens with one attached hydrogen (secondary N) is 1. The van der Waals surface area contributed by atoms with E-state index in [9.17, 15) is 8.78 Å². The molecule has 1 fully saturated rings. The van der Waals surface area contributed by atoms with E-state index in [2.05, 4.69) is 24.1 Å². The normalized spacial score (nSPS) is 22.9. The zero-order valence-corrected chi connectivity index (χ0v) is 13.4. The Morgan fingerprint density at radius 1 is 1.14 bits per heavy atom. The summed E-state index contributed by atoms with van der Waals surface area (Å²) in [6, 6.07) is 3.97. The summed E-state index contributed by atoms with van der Waals surface area (Å²) < 4.78 is 32.6. The number of ether oxygens (including phenoxy) is 1. The molecule has 2 atom stereocenters. The fraction of sp³-hybridized carbons (Fsp3) is 0.647. The highest BCUT2D eigenvalue weighted by molar-refractivity contribution is 5.19. The fourth-order valence-corrected chi connectivity index (χ4v) is 2.97. The topological polar surface area (TPSA) is 24.5 Å². The molecule has 0 aromatic heterocycles. The van der Waals surface area contributed by atoms with Crippen molar-refractivity contribution in [2.45, 2.75) is 45.4 Å². The summed E-state index contributed by atoms with van der Waals surface area (Å²) in [5.74, 6) is -0.965. The van der Waals surface area contributed by atoms with Crippen molar-refractivity contribution in [1.29, 1.82) is 0 Å². The summed E-state index contributed by atoms with van der Waals surface area (Å²) in [6.07, 6.45) is 2.67. The molecule has 1 aromatic rings. The van der Waals surface area contributed by atoms with Gasteiger partial charge in [-0.2, -0.15) is 0 Å². The molecule has 0 amide bonds. The van der Waals surface area contributed by atoms with Crippen LogP contribution >= 0.6 is 0 Å². The highest BCUT2D eigenvalue weighted by Gasteiger charge is 2.21. The Balaban J connectivity index is 1.60. The Morgan fingerprint density at radius 2 is 1.77 bits per heavy atom. The molecule has 1 heterocycles. The number of unbranched alkanes of at least 4 members (excludes halogenated alkanes) is 1. The van der Waals surface area contributed by atoms with Crippen LogP contribution in [0.15, 0.2) is 18.2 Å². The number of hydrogen-bond donors (Lipinski definition) is 1. The van der Waals surface area contributed by atoms with Crippen molar-refractivity contribution in [2.75, 3.05) is 26.2 Å². The van der Waals surface area contributed by atoms with Gasteiger partial charge in [-0.3, -0.25) is 4.90 Å². The van der Waals surface area contributed by atoms with Crippen molar-refractivity contribution < 1.29 is 13.5 Å². The minimum absolute atomic E-state index is 0.123. The molecule has 1 aromatic carbocycles. The molecule has 0 saturated carbocycles. The van der Waals surface area contributed by atoms with E-state index in [1.54, 1.807) is 0 Å². The van der Waals surface area contributed by atoms with Crippen LogP contribution in [0.25, 0.3) is 0 Å². The molecule has 1 aliphatic rings. The average Bonchev–Trinajstić information content (AvgIpc) is 2.44. The van der Waals surface area contributed by atoms with Gasteiger partial charge in [0.05, 0.1) is 12.2 Å². The standard InChI is InChI=1S/C17H26F2N2O/c1-13-11-21(12-14(2)22-13)9-4-3-8-20-10-15-16(18)6-5-7-17(15)19/h5-7,13-14,20H,3-4,8-12H2,1-2H3. The third kappa shape index (κ3) is 5.30. The molecule has 1 saturated heterocycles. The van der Waals surface area contributed by atoms with E-state index in [0.717, 1.165) is 39.0 Å². The highest BCUT2D eigenvalue weighted by Crippen LogP contribution is 2.12. The molecule has 1 aliphatic heterocycles. The van der Waals surface area contributed by atoms with Crippen molar-refractivity contribution in [3.63, 3.8) is 0 Å². The zero-order valence-electron chi connectivity index (χ0n) is 13.4. The Kier molecular flexibility index (Phi) is 6.73. The van der Waals surface area contributed by atoms with Gasteiger partial charge in [0.2, 0.25) is 0 Å². The number of hydrogen-bond acceptors (Lipinski definition) is 3. The molecular formula is C17H26F2N2O.